The van der Waals surface area contributed by atoms with E-state index in [-0.39, 0.29) is 11.7 Å². The van der Waals surface area contributed by atoms with Crippen molar-refractivity contribution in [1.82, 2.24) is 9.88 Å². The number of thioether (sulfide) groups is 1. The van der Waals surface area contributed by atoms with Gasteiger partial charge in [-0.05, 0) is 67.6 Å². The highest BCUT2D eigenvalue weighted by Crippen LogP contribution is 2.30. The maximum atomic E-state index is 14.2. The van der Waals surface area contributed by atoms with Gasteiger partial charge in [0.25, 0.3) is 5.91 Å². The second kappa shape index (κ2) is 7.48. The predicted molar refractivity (Wildman–Crippen MR) is 112 cm³/mol. The van der Waals surface area contributed by atoms with E-state index in [1.54, 1.807) is 12.1 Å². The van der Waals surface area contributed by atoms with Gasteiger partial charge in [-0.25, -0.2) is 9.38 Å². The first kappa shape index (κ1) is 18.3. The van der Waals surface area contributed by atoms with Crippen LogP contribution >= 0.6 is 11.8 Å². The summed E-state index contributed by atoms with van der Waals surface area (Å²) in [6.07, 6.45) is 1.83. The van der Waals surface area contributed by atoms with Crippen molar-refractivity contribution in [1.29, 1.82) is 0 Å². The molecule has 1 aliphatic rings. The smallest absolute Gasteiger partial charge is 0.264 e. The number of aryl methyl sites for hydroxylation is 1. The first-order chi connectivity index (χ1) is 13.5. The van der Waals surface area contributed by atoms with Gasteiger partial charge in [-0.3, -0.25) is 4.79 Å². The zero-order valence-electron chi connectivity index (χ0n) is 15.4. The van der Waals surface area contributed by atoms with Crippen molar-refractivity contribution in [2.24, 2.45) is 4.99 Å². The number of benzene rings is 2. The first-order valence-electron chi connectivity index (χ1n) is 8.81. The minimum Gasteiger partial charge on any atom is -0.315 e. The van der Waals surface area contributed by atoms with Gasteiger partial charge in [-0.1, -0.05) is 30.3 Å². The second-order valence-corrected chi connectivity index (χ2v) is 7.46. The summed E-state index contributed by atoms with van der Waals surface area (Å²) < 4.78 is 16.1. The maximum Gasteiger partial charge on any atom is 0.264 e. The number of carbonyl (C=O) groups excluding carboxylic acids is 1. The molecule has 1 N–H and O–H groups in total. The van der Waals surface area contributed by atoms with Gasteiger partial charge in [0.1, 0.15) is 5.82 Å². The van der Waals surface area contributed by atoms with Crippen LogP contribution in [0.15, 0.2) is 70.6 Å². The summed E-state index contributed by atoms with van der Waals surface area (Å²) in [4.78, 5) is 17.4. The van der Waals surface area contributed by atoms with Crippen molar-refractivity contribution in [2.45, 2.75) is 13.8 Å². The van der Waals surface area contributed by atoms with Crippen molar-refractivity contribution in [3.05, 3.63) is 88.3 Å². The molecular formula is C22H18FN3OS. The minimum absolute atomic E-state index is 0.185. The Hall–Kier alpha value is -3.12. The summed E-state index contributed by atoms with van der Waals surface area (Å²) >= 11 is 1.30. The average molecular weight is 391 g/mol. The molecule has 3 aromatic rings. The van der Waals surface area contributed by atoms with E-state index in [0.29, 0.717) is 15.8 Å². The van der Waals surface area contributed by atoms with E-state index in [2.05, 4.69) is 10.3 Å². The number of nitrogens with one attached hydrogen (secondary N) is 1. The van der Waals surface area contributed by atoms with Gasteiger partial charge >= 0.3 is 0 Å². The number of amidine groups is 1. The van der Waals surface area contributed by atoms with Gasteiger partial charge < -0.3 is 9.88 Å². The molecule has 28 heavy (non-hydrogen) atoms. The molecule has 1 fully saturated rings. The summed E-state index contributed by atoms with van der Waals surface area (Å²) in [5.74, 6) is -0.468. The zero-order chi connectivity index (χ0) is 19.7. The highest BCUT2D eigenvalue weighted by Gasteiger charge is 2.24. The number of halogens is 1. The summed E-state index contributed by atoms with van der Waals surface area (Å²) in [6.45, 7) is 3.84. The zero-order valence-corrected chi connectivity index (χ0v) is 16.3. The Morgan fingerprint density at radius 1 is 1.07 bits per heavy atom. The number of hydrogen-bond acceptors (Lipinski definition) is 3. The van der Waals surface area contributed by atoms with Crippen LogP contribution in [0.4, 0.5) is 10.1 Å². The summed E-state index contributed by atoms with van der Waals surface area (Å²) in [7, 11) is 0. The number of nitrogens with zero attached hydrogens (tertiary/aromatic N) is 2. The Kier molecular flexibility index (Phi) is 4.88. The number of aromatic nitrogens is 1. The molecule has 4 rings (SSSR count). The Bertz CT molecular complexity index is 1120. The molecule has 1 aliphatic heterocycles. The summed E-state index contributed by atoms with van der Waals surface area (Å²) in [5, 5.41) is 3.34. The first-order valence-corrected chi connectivity index (χ1v) is 9.63. The Labute approximate surface area is 166 Å². The van der Waals surface area contributed by atoms with Crippen LogP contribution < -0.4 is 5.32 Å². The number of aliphatic imine (C=N–C) groups is 1. The SMILES string of the molecule is Cc1cc(/C=C2\SC(=Nc3ccccc3)NC2=O)c(C)n1-c1ccccc1F. The van der Waals surface area contributed by atoms with Gasteiger partial charge in [0.05, 0.1) is 16.3 Å². The lowest BCUT2D eigenvalue weighted by Crippen LogP contribution is -2.19. The monoisotopic (exact) mass is 391 g/mol. The largest absolute Gasteiger partial charge is 0.315 e. The van der Waals surface area contributed by atoms with Gasteiger partial charge in [-0.15, -0.1) is 0 Å². The maximum absolute atomic E-state index is 14.2. The number of amides is 1. The average Bonchev–Trinajstić information content (AvgIpc) is 3.15. The molecule has 0 atom stereocenters. The van der Waals surface area contributed by atoms with Gasteiger partial charge in [0.15, 0.2) is 5.17 Å². The van der Waals surface area contributed by atoms with Crippen LogP contribution in [-0.4, -0.2) is 15.6 Å². The van der Waals surface area contributed by atoms with E-state index in [4.69, 9.17) is 0 Å². The van der Waals surface area contributed by atoms with E-state index in [9.17, 15) is 9.18 Å². The molecule has 0 bridgehead atoms. The van der Waals surface area contributed by atoms with E-state index in [1.807, 2.05) is 67.0 Å². The Balaban J connectivity index is 1.67. The third kappa shape index (κ3) is 3.51. The molecule has 0 spiro atoms. The lowest BCUT2D eigenvalue weighted by Gasteiger charge is -2.10. The molecule has 0 saturated carbocycles. The van der Waals surface area contributed by atoms with Crippen molar-refractivity contribution in [2.75, 3.05) is 0 Å². The quantitative estimate of drug-likeness (QED) is 0.630. The van der Waals surface area contributed by atoms with E-state index in [1.165, 1.54) is 17.8 Å². The van der Waals surface area contributed by atoms with E-state index >= 15 is 0 Å². The topological polar surface area (TPSA) is 46.4 Å². The van der Waals surface area contributed by atoms with Crippen LogP contribution in [0.1, 0.15) is 17.0 Å². The molecule has 0 radical (unpaired) electrons. The van der Waals surface area contributed by atoms with Crippen molar-refractivity contribution < 1.29 is 9.18 Å². The third-order valence-electron chi connectivity index (χ3n) is 4.49. The standard InChI is InChI=1S/C22H18FN3OS/c1-14-12-16(15(2)26(14)19-11-7-6-10-18(19)23)13-20-21(27)25-22(28-20)24-17-8-4-3-5-9-17/h3-13H,1-2H3,(H,24,25,27)/b20-13-. The fraction of sp³-hybridized carbons (Fsp3) is 0.0909. The Morgan fingerprint density at radius 2 is 1.79 bits per heavy atom. The highest BCUT2D eigenvalue weighted by molar-refractivity contribution is 8.18. The van der Waals surface area contributed by atoms with Gasteiger partial charge in [-0.2, -0.15) is 0 Å². The predicted octanol–water partition coefficient (Wildman–Crippen LogP) is 5.12. The summed E-state index contributed by atoms with van der Waals surface area (Å²) in [6, 6.07) is 18.1. The van der Waals surface area contributed by atoms with E-state index < -0.39 is 0 Å². The van der Waals surface area contributed by atoms with Crippen LogP contribution in [-0.2, 0) is 4.79 Å². The minimum atomic E-state index is -0.284. The molecular weight excluding hydrogens is 373 g/mol. The number of rotatable bonds is 3. The summed E-state index contributed by atoms with van der Waals surface area (Å²) in [5.41, 5.74) is 3.92. The van der Waals surface area contributed by atoms with Crippen LogP contribution in [0.2, 0.25) is 0 Å². The molecule has 6 heteroatoms. The fourth-order valence-corrected chi connectivity index (χ4v) is 4.01. The van der Waals surface area contributed by atoms with E-state index in [0.717, 1.165) is 22.6 Å². The Morgan fingerprint density at radius 3 is 2.54 bits per heavy atom. The lowest BCUT2D eigenvalue weighted by atomic mass is 10.2. The highest BCUT2D eigenvalue weighted by atomic mass is 32.2. The molecule has 140 valence electrons. The molecule has 1 saturated heterocycles. The number of carbonyl (C=O) groups is 1. The lowest BCUT2D eigenvalue weighted by molar-refractivity contribution is -0.115. The molecule has 2 aromatic carbocycles. The van der Waals surface area contributed by atoms with Crippen LogP contribution in [0.3, 0.4) is 0 Å². The van der Waals surface area contributed by atoms with Crippen molar-refractivity contribution in [3.63, 3.8) is 0 Å². The number of hydrogen-bond donors (Lipinski definition) is 1. The molecule has 1 aromatic heterocycles. The second-order valence-electron chi connectivity index (χ2n) is 6.43. The van der Waals surface area contributed by atoms with Crippen molar-refractivity contribution >= 4 is 34.6 Å². The van der Waals surface area contributed by atoms with Crippen LogP contribution in [0, 0.1) is 19.7 Å². The molecule has 1 amide bonds. The third-order valence-corrected chi connectivity index (χ3v) is 5.40. The number of para-hydroxylation sites is 2. The van der Waals surface area contributed by atoms with Crippen LogP contribution in [0.25, 0.3) is 11.8 Å². The fourth-order valence-electron chi connectivity index (χ4n) is 3.18. The van der Waals surface area contributed by atoms with Crippen LogP contribution in [0.5, 0.6) is 0 Å². The molecule has 0 unspecified atom stereocenters. The van der Waals surface area contributed by atoms with Crippen molar-refractivity contribution in [3.8, 4) is 5.69 Å². The normalized spacial score (nSPS) is 16.8. The van der Waals surface area contributed by atoms with Gasteiger partial charge in [0, 0.05) is 11.4 Å². The van der Waals surface area contributed by atoms with Gasteiger partial charge in [0.2, 0.25) is 0 Å². The molecule has 4 nitrogen and oxygen atoms in total. The molecule has 2 heterocycles. The molecule has 0 aliphatic carbocycles.